The Morgan fingerprint density at radius 2 is 1.91 bits per heavy atom. The molecule has 2 nitrogen and oxygen atoms in total. The van der Waals surface area contributed by atoms with Crippen LogP contribution in [0.1, 0.15) is 25.7 Å². The van der Waals surface area contributed by atoms with Gasteiger partial charge in [-0.1, -0.05) is 6.42 Å². The van der Waals surface area contributed by atoms with Crippen molar-refractivity contribution < 1.29 is 5.11 Å². The zero-order valence-electron chi connectivity index (χ0n) is 7.13. The highest BCUT2D eigenvalue weighted by Crippen LogP contribution is 2.08. The third kappa shape index (κ3) is 3.73. The summed E-state index contributed by atoms with van der Waals surface area (Å²) < 4.78 is 0. The molecule has 1 radical (unpaired) electrons. The first-order chi connectivity index (χ1) is 5.43. The fourth-order valence-electron chi connectivity index (χ4n) is 1.55. The maximum Gasteiger partial charge on any atom is 0.0463 e. The summed E-state index contributed by atoms with van der Waals surface area (Å²) in [6.07, 6.45) is 7.10. The minimum atomic E-state index is 0.230. The molecule has 2 heteroatoms. The van der Waals surface area contributed by atoms with Gasteiger partial charge in [0.25, 0.3) is 0 Å². The van der Waals surface area contributed by atoms with E-state index in [1.165, 1.54) is 32.4 Å². The zero-order chi connectivity index (χ0) is 7.94. The maximum absolute atomic E-state index is 8.52. The number of hydrogen-bond acceptors (Lipinski definition) is 2. The summed E-state index contributed by atoms with van der Waals surface area (Å²) in [4.78, 5) is 2.48. The van der Waals surface area contributed by atoms with E-state index in [2.05, 4.69) is 4.90 Å². The van der Waals surface area contributed by atoms with Gasteiger partial charge in [-0.2, -0.15) is 0 Å². The van der Waals surface area contributed by atoms with Crippen molar-refractivity contribution in [1.82, 2.24) is 4.90 Å². The van der Waals surface area contributed by atoms with E-state index in [9.17, 15) is 0 Å². The molecule has 1 heterocycles. The molecule has 65 valence electrons. The summed E-state index contributed by atoms with van der Waals surface area (Å²) in [6.45, 7) is 3.90. The van der Waals surface area contributed by atoms with Gasteiger partial charge in [-0.05, 0) is 45.3 Å². The highest BCUT2D eigenvalue weighted by molar-refractivity contribution is 4.69. The Balaban J connectivity index is 1.96. The predicted octanol–water partition coefficient (Wildman–Crippen LogP) is 1.06. The number of aliphatic hydroxyl groups is 1. The number of likely N-dealkylation sites (tertiary alicyclic amines) is 1. The molecule has 0 unspecified atom stereocenters. The van der Waals surface area contributed by atoms with Crippen LogP contribution in [0.2, 0.25) is 0 Å². The van der Waals surface area contributed by atoms with E-state index in [1.807, 2.05) is 6.42 Å². The van der Waals surface area contributed by atoms with Gasteiger partial charge in [-0.25, -0.2) is 0 Å². The molecule has 0 aromatic carbocycles. The molecule has 1 aliphatic heterocycles. The SMILES string of the molecule is OC[CH]CCN1CCCCC1. The molecule has 11 heavy (non-hydrogen) atoms. The first-order valence-electron chi connectivity index (χ1n) is 4.58. The second-order valence-electron chi connectivity index (χ2n) is 3.16. The molecular formula is C9H18NO. The molecular weight excluding hydrogens is 138 g/mol. The Morgan fingerprint density at radius 3 is 2.55 bits per heavy atom. The summed E-state index contributed by atoms with van der Waals surface area (Å²) in [5, 5.41) is 8.52. The lowest BCUT2D eigenvalue weighted by molar-refractivity contribution is 0.226. The Kier molecular flexibility index (Phi) is 4.55. The van der Waals surface area contributed by atoms with Gasteiger partial charge in [0.05, 0.1) is 0 Å². The number of rotatable bonds is 4. The van der Waals surface area contributed by atoms with Crippen LogP contribution in [0.25, 0.3) is 0 Å². The van der Waals surface area contributed by atoms with Crippen LogP contribution >= 0.6 is 0 Å². The molecule has 1 N–H and O–H groups in total. The Labute approximate surface area is 69.2 Å². The average molecular weight is 156 g/mol. The molecule has 0 aliphatic carbocycles. The molecule has 0 aromatic heterocycles. The van der Waals surface area contributed by atoms with Crippen LogP contribution in [0.15, 0.2) is 0 Å². The van der Waals surface area contributed by atoms with Gasteiger partial charge in [0.2, 0.25) is 0 Å². The van der Waals surface area contributed by atoms with Crippen molar-refractivity contribution in [1.29, 1.82) is 0 Å². The third-order valence-corrected chi connectivity index (χ3v) is 2.23. The molecule has 0 aromatic rings. The molecule has 1 rings (SSSR count). The van der Waals surface area contributed by atoms with E-state index in [-0.39, 0.29) is 6.61 Å². The van der Waals surface area contributed by atoms with E-state index >= 15 is 0 Å². The van der Waals surface area contributed by atoms with Gasteiger partial charge < -0.3 is 10.0 Å². The summed E-state index contributed by atoms with van der Waals surface area (Å²) in [6, 6.07) is 0. The highest BCUT2D eigenvalue weighted by atomic mass is 16.2. The van der Waals surface area contributed by atoms with Crippen molar-refractivity contribution in [2.75, 3.05) is 26.2 Å². The zero-order valence-corrected chi connectivity index (χ0v) is 7.13. The standard InChI is InChI=1S/C9H18NO/c11-9-5-4-8-10-6-2-1-3-7-10/h5,11H,1-4,6-9H2. The Morgan fingerprint density at radius 1 is 1.18 bits per heavy atom. The van der Waals surface area contributed by atoms with Crippen LogP contribution in [0.4, 0.5) is 0 Å². The van der Waals surface area contributed by atoms with Crippen LogP contribution in [0.5, 0.6) is 0 Å². The van der Waals surface area contributed by atoms with Crippen LogP contribution < -0.4 is 0 Å². The van der Waals surface area contributed by atoms with Crippen molar-refractivity contribution >= 4 is 0 Å². The molecule has 0 atom stereocenters. The van der Waals surface area contributed by atoms with Crippen molar-refractivity contribution in [3.8, 4) is 0 Å². The van der Waals surface area contributed by atoms with Crippen LogP contribution in [-0.4, -0.2) is 36.2 Å². The second-order valence-corrected chi connectivity index (χ2v) is 3.16. The molecule has 0 amide bonds. The van der Waals surface area contributed by atoms with Crippen molar-refractivity contribution in [3.63, 3.8) is 0 Å². The summed E-state index contributed by atoms with van der Waals surface area (Å²) in [5.74, 6) is 0. The second kappa shape index (κ2) is 5.56. The van der Waals surface area contributed by atoms with E-state index in [0.29, 0.717) is 0 Å². The van der Waals surface area contributed by atoms with Crippen molar-refractivity contribution in [2.24, 2.45) is 0 Å². The fraction of sp³-hybridized carbons (Fsp3) is 0.889. The Bertz CT molecular complexity index is 89.6. The van der Waals surface area contributed by atoms with Gasteiger partial charge in [0.15, 0.2) is 0 Å². The minimum Gasteiger partial charge on any atom is -0.396 e. The lowest BCUT2D eigenvalue weighted by Crippen LogP contribution is -2.30. The Hall–Kier alpha value is -0.0800. The minimum absolute atomic E-state index is 0.230. The molecule has 0 saturated carbocycles. The lowest BCUT2D eigenvalue weighted by Gasteiger charge is -2.25. The predicted molar refractivity (Wildman–Crippen MR) is 46.3 cm³/mol. The van der Waals surface area contributed by atoms with E-state index in [4.69, 9.17) is 5.11 Å². The van der Waals surface area contributed by atoms with E-state index in [0.717, 1.165) is 13.0 Å². The van der Waals surface area contributed by atoms with Crippen molar-refractivity contribution in [3.05, 3.63) is 6.42 Å². The lowest BCUT2D eigenvalue weighted by atomic mass is 10.1. The van der Waals surface area contributed by atoms with Crippen molar-refractivity contribution in [2.45, 2.75) is 25.7 Å². The number of piperidine rings is 1. The number of hydrogen-bond donors (Lipinski definition) is 1. The molecule has 1 fully saturated rings. The van der Waals surface area contributed by atoms with Gasteiger partial charge in [0.1, 0.15) is 0 Å². The average Bonchev–Trinajstić information content (AvgIpc) is 2.07. The number of nitrogens with zero attached hydrogens (tertiary/aromatic N) is 1. The van der Waals surface area contributed by atoms with Gasteiger partial charge in [-0.3, -0.25) is 0 Å². The fourth-order valence-corrected chi connectivity index (χ4v) is 1.55. The van der Waals surface area contributed by atoms with Crippen LogP contribution in [0, 0.1) is 6.42 Å². The third-order valence-electron chi connectivity index (χ3n) is 2.23. The first kappa shape index (κ1) is 9.01. The quantitative estimate of drug-likeness (QED) is 0.615. The molecule has 0 spiro atoms. The topological polar surface area (TPSA) is 23.5 Å². The maximum atomic E-state index is 8.52. The van der Waals surface area contributed by atoms with Gasteiger partial charge in [0, 0.05) is 6.61 Å². The van der Waals surface area contributed by atoms with E-state index < -0.39 is 0 Å². The molecule has 1 aliphatic rings. The normalized spacial score (nSPS) is 20.5. The van der Waals surface area contributed by atoms with E-state index in [1.54, 1.807) is 0 Å². The summed E-state index contributed by atoms with van der Waals surface area (Å²) in [7, 11) is 0. The highest BCUT2D eigenvalue weighted by Gasteiger charge is 2.08. The van der Waals surface area contributed by atoms with Crippen LogP contribution in [0.3, 0.4) is 0 Å². The largest absolute Gasteiger partial charge is 0.396 e. The van der Waals surface area contributed by atoms with Crippen LogP contribution in [-0.2, 0) is 0 Å². The smallest absolute Gasteiger partial charge is 0.0463 e. The number of unbranched alkanes of at least 4 members (excludes halogenated alkanes) is 1. The summed E-state index contributed by atoms with van der Waals surface area (Å²) >= 11 is 0. The monoisotopic (exact) mass is 156 g/mol. The molecule has 0 bridgehead atoms. The van der Waals surface area contributed by atoms with Gasteiger partial charge in [-0.15, -0.1) is 0 Å². The summed E-state index contributed by atoms with van der Waals surface area (Å²) in [5.41, 5.74) is 0. The molecule has 1 saturated heterocycles. The number of aliphatic hydroxyl groups excluding tert-OH is 1. The first-order valence-corrected chi connectivity index (χ1v) is 4.58. The van der Waals surface area contributed by atoms with Gasteiger partial charge >= 0.3 is 0 Å².